The maximum Gasteiger partial charge on any atom is 0.243 e. The summed E-state index contributed by atoms with van der Waals surface area (Å²) in [5.41, 5.74) is 0.761. The summed E-state index contributed by atoms with van der Waals surface area (Å²) in [7, 11) is -0.636. The molecule has 31 heavy (non-hydrogen) atoms. The molecular formula is C23H30N2O5S. The molecule has 168 valence electrons. The Kier molecular flexibility index (Phi) is 7.23. The van der Waals surface area contributed by atoms with E-state index < -0.39 is 15.9 Å². The molecule has 2 atom stereocenters. The van der Waals surface area contributed by atoms with Crippen LogP contribution >= 0.6 is 0 Å². The summed E-state index contributed by atoms with van der Waals surface area (Å²) >= 11 is 0. The second-order valence-electron chi connectivity index (χ2n) is 8.07. The number of carbonyl (C=O) groups is 1. The lowest BCUT2D eigenvalue weighted by Gasteiger charge is -2.22. The van der Waals surface area contributed by atoms with E-state index in [2.05, 4.69) is 5.32 Å². The van der Waals surface area contributed by atoms with Crippen molar-refractivity contribution in [3.05, 3.63) is 54.1 Å². The van der Waals surface area contributed by atoms with Crippen molar-refractivity contribution < 1.29 is 22.7 Å². The predicted molar refractivity (Wildman–Crippen MR) is 119 cm³/mol. The standard InChI is InChI=1S/C23H30N2O5S/c1-16(2)13-24-23(26)20-15-25(31(27,28)17-9-6-5-7-10-17)14-19(20)18-11-8-12-21(29-3)22(18)30-4/h5-12,16,19-20H,13-15H2,1-4H3,(H,24,26). The second-order valence-corrected chi connectivity index (χ2v) is 10.0. The topological polar surface area (TPSA) is 84.9 Å². The van der Waals surface area contributed by atoms with Crippen LogP contribution in [-0.2, 0) is 14.8 Å². The van der Waals surface area contributed by atoms with Crippen LogP contribution in [0.1, 0.15) is 25.3 Å². The molecule has 7 nitrogen and oxygen atoms in total. The molecule has 2 unspecified atom stereocenters. The highest BCUT2D eigenvalue weighted by molar-refractivity contribution is 7.89. The van der Waals surface area contributed by atoms with Crippen molar-refractivity contribution in [2.24, 2.45) is 11.8 Å². The predicted octanol–water partition coefficient (Wildman–Crippen LogP) is 2.88. The molecule has 1 aliphatic heterocycles. The number of benzene rings is 2. The van der Waals surface area contributed by atoms with Gasteiger partial charge in [-0.1, -0.05) is 44.2 Å². The van der Waals surface area contributed by atoms with E-state index in [-0.39, 0.29) is 29.8 Å². The first-order valence-electron chi connectivity index (χ1n) is 10.3. The van der Waals surface area contributed by atoms with Gasteiger partial charge in [-0.2, -0.15) is 4.31 Å². The third-order valence-corrected chi connectivity index (χ3v) is 7.37. The van der Waals surface area contributed by atoms with Gasteiger partial charge in [0.2, 0.25) is 15.9 Å². The van der Waals surface area contributed by atoms with Gasteiger partial charge in [-0.15, -0.1) is 0 Å². The number of amides is 1. The summed E-state index contributed by atoms with van der Waals surface area (Å²) in [6.45, 7) is 4.85. The van der Waals surface area contributed by atoms with Crippen molar-refractivity contribution in [1.29, 1.82) is 0 Å². The third kappa shape index (κ3) is 4.85. The maximum absolute atomic E-state index is 13.3. The van der Waals surface area contributed by atoms with Gasteiger partial charge in [0.15, 0.2) is 11.5 Å². The summed E-state index contributed by atoms with van der Waals surface area (Å²) in [5, 5.41) is 2.97. The highest BCUT2D eigenvalue weighted by Gasteiger charge is 2.44. The van der Waals surface area contributed by atoms with Gasteiger partial charge in [-0.25, -0.2) is 8.42 Å². The van der Waals surface area contributed by atoms with Crippen molar-refractivity contribution in [2.75, 3.05) is 33.9 Å². The largest absolute Gasteiger partial charge is 0.493 e. The van der Waals surface area contributed by atoms with Crippen LogP contribution in [0.5, 0.6) is 11.5 Å². The molecule has 0 aromatic heterocycles. The van der Waals surface area contributed by atoms with E-state index in [9.17, 15) is 13.2 Å². The minimum absolute atomic E-state index is 0.103. The Morgan fingerprint density at radius 1 is 1.06 bits per heavy atom. The summed E-state index contributed by atoms with van der Waals surface area (Å²) in [6.07, 6.45) is 0. The van der Waals surface area contributed by atoms with E-state index in [0.29, 0.717) is 24.0 Å². The van der Waals surface area contributed by atoms with Gasteiger partial charge < -0.3 is 14.8 Å². The monoisotopic (exact) mass is 446 g/mol. The molecular weight excluding hydrogens is 416 g/mol. The Hall–Kier alpha value is -2.58. The molecule has 2 aromatic carbocycles. The van der Waals surface area contributed by atoms with Crippen molar-refractivity contribution in [1.82, 2.24) is 9.62 Å². The van der Waals surface area contributed by atoms with Crippen LogP contribution in [0.25, 0.3) is 0 Å². The number of ether oxygens (including phenoxy) is 2. The van der Waals surface area contributed by atoms with Crippen molar-refractivity contribution >= 4 is 15.9 Å². The Morgan fingerprint density at radius 2 is 1.77 bits per heavy atom. The van der Waals surface area contributed by atoms with Crippen LogP contribution in [0.3, 0.4) is 0 Å². The minimum Gasteiger partial charge on any atom is -0.493 e. The van der Waals surface area contributed by atoms with Gasteiger partial charge in [0.25, 0.3) is 0 Å². The van der Waals surface area contributed by atoms with Crippen LogP contribution in [0.4, 0.5) is 0 Å². The quantitative estimate of drug-likeness (QED) is 0.674. The normalized spacial score (nSPS) is 19.4. The third-order valence-electron chi connectivity index (χ3n) is 5.52. The Labute approximate surface area is 184 Å². The molecule has 1 N–H and O–H groups in total. The number of rotatable bonds is 8. The average molecular weight is 447 g/mol. The summed E-state index contributed by atoms with van der Waals surface area (Å²) in [6, 6.07) is 13.8. The first-order valence-corrected chi connectivity index (χ1v) is 11.8. The molecule has 2 aromatic rings. The number of nitrogens with one attached hydrogen (secondary N) is 1. The summed E-state index contributed by atoms with van der Waals surface area (Å²) in [5.74, 6) is 0.295. The molecule has 1 saturated heterocycles. The van der Waals surface area contributed by atoms with Gasteiger partial charge >= 0.3 is 0 Å². The Morgan fingerprint density at radius 3 is 2.39 bits per heavy atom. The maximum atomic E-state index is 13.3. The van der Waals surface area contributed by atoms with Crippen LogP contribution in [-0.4, -0.2) is 52.5 Å². The number of para-hydroxylation sites is 1. The minimum atomic E-state index is -3.73. The Balaban J connectivity index is 2.00. The zero-order valence-electron chi connectivity index (χ0n) is 18.4. The fourth-order valence-electron chi connectivity index (χ4n) is 3.93. The van der Waals surface area contributed by atoms with Gasteiger partial charge in [0.1, 0.15) is 0 Å². The lowest BCUT2D eigenvalue weighted by molar-refractivity contribution is -0.125. The highest BCUT2D eigenvalue weighted by atomic mass is 32.2. The smallest absolute Gasteiger partial charge is 0.243 e. The molecule has 1 amide bonds. The van der Waals surface area contributed by atoms with Gasteiger partial charge in [-0.05, 0) is 24.1 Å². The van der Waals surface area contributed by atoms with Crippen LogP contribution in [0.2, 0.25) is 0 Å². The lowest BCUT2D eigenvalue weighted by atomic mass is 9.87. The van der Waals surface area contributed by atoms with Crippen LogP contribution in [0, 0.1) is 11.8 Å². The number of methoxy groups -OCH3 is 2. The van der Waals surface area contributed by atoms with Crippen molar-refractivity contribution in [2.45, 2.75) is 24.7 Å². The second kappa shape index (κ2) is 9.70. The number of nitrogens with zero attached hydrogens (tertiary/aromatic N) is 1. The van der Waals surface area contributed by atoms with Gasteiger partial charge in [-0.3, -0.25) is 4.79 Å². The summed E-state index contributed by atoms with van der Waals surface area (Å²) in [4.78, 5) is 13.3. The van der Waals surface area contributed by atoms with Crippen molar-refractivity contribution in [3.8, 4) is 11.5 Å². The van der Waals surface area contributed by atoms with E-state index in [1.807, 2.05) is 26.0 Å². The highest BCUT2D eigenvalue weighted by Crippen LogP contribution is 2.43. The molecule has 0 radical (unpaired) electrons. The fraction of sp³-hybridized carbons (Fsp3) is 0.435. The van der Waals surface area contributed by atoms with Gasteiger partial charge in [0, 0.05) is 31.1 Å². The first-order chi connectivity index (χ1) is 14.8. The fourth-order valence-corrected chi connectivity index (χ4v) is 5.44. The van der Waals surface area contributed by atoms with E-state index in [4.69, 9.17) is 9.47 Å². The summed E-state index contributed by atoms with van der Waals surface area (Å²) < 4.78 is 38.9. The number of hydrogen-bond donors (Lipinski definition) is 1. The number of hydrogen-bond acceptors (Lipinski definition) is 5. The molecule has 1 aliphatic rings. The molecule has 0 spiro atoms. The van der Waals surface area contributed by atoms with Crippen LogP contribution < -0.4 is 14.8 Å². The number of sulfonamides is 1. The molecule has 1 fully saturated rings. The zero-order chi connectivity index (χ0) is 22.6. The number of carbonyl (C=O) groups excluding carboxylic acids is 1. The van der Waals surface area contributed by atoms with E-state index in [1.165, 1.54) is 4.31 Å². The molecule has 0 bridgehead atoms. The molecule has 1 heterocycles. The zero-order valence-corrected chi connectivity index (χ0v) is 19.2. The first kappa shape index (κ1) is 23.1. The molecule has 8 heteroatoms. The lowest BCUT2D eigenvalue weighted by Crippen LogP contribution is -2.37. The van der Waals surface area contributed by atoms with Gasteiger partial charge in [0.05, 0.1) is 25.0 Å². The van der Waals surface area contributed by atoms with Crippen LogP contribution in [0.15, 0.2) is 53.4 Å². The van der Waals surface area contributed by atoms with E-state index in [1.54, 1.807) is 50.6 Å². The molecule has 3 rings (SSSR count). The SMILES string of the molecule is COc1cccc(C2CN(S(=O)(=O)c3ccccc3)CC2C(=O)NCC(C)C)c1OC. The van der Waals surface area contributed by atoms with E-state index >= 15 is 0 Å². The molecule has 0 aliphatic carbocycles. The Bertz CT molecular complexity index is 1010. The van der Waals surface area contributed by atoms with E-state index in [0.717, 1.165) is 5.56 Å². The average Bonchev–Trinajstić information content (AvgIpc) is 3.23. The molecule has 0 saturated carbocycles. The van der Waals surface area contributed by atoms with Crippen molar-refractivity contribution in [3.63, 3.8) is 0 Å².